The van der Waals surface area contributed by atoms with Crippen molar-refractivity contribution in [1.29, 1.82) is 0 Å². The number of aliphatic hydroxyl groups is 2. The number of rotatable bonds is 10. The van der Waals surface area contributed by atoms with Crippen LogP contribution in [0.5, 0.6) is 0 Å². The van der Waals surface area contributed by atoms with Crippen LogP contribution in [-0.4, -0.2) is 28.2 Å². The molecule has 0 saturated carbocycles. The Bertz CT molecular complexity index is 1380. The molecule has 0 atom stereocenters. The highest BCUT2D eigenvalue weighted by Crippen LogP contribution is 2.36. The van der Waals surface area contributed by atoms with E-state index in [1.165, 1.54) is 0 Å². The maximum atomic E-state index is 12.7. The Hall–Kier alpha value is -4.02. The van der Waals surface area contributed by atoms with E-state index in [0.29, 0.717) is 6.54 Å². The Kier molecular flexibility index (Phi) is 8.74. The summed E-state index contributed by atoms with van der Waals surface area (Å²) in [5.41, 5.74) is 6.34. The molecule has 0 radical (unpaired) electrons. The smallest absolute Gasteiger partial charge is 0.127 e. The zero-order valence-electron chi connectivity index (χ0n) is 25.1. The first kappa shape index (κ1) is 29.5. The van der Waals surface area contributed by atoms with Gasteiger partial charge in [-0.05, 0) is 55.5 Å². The van der Waals surface area contributed by atoms with Gasteiger partial charge < -0.3 is 10.2 Å². The molecule has 42 heavy (non-hydrogen) atoms. The van der Waals surface area contributed by atoms with Gasteiger partial charge in [0.25, 0.3) is 0 Å². The lowest BCUT2D eigenvalue weighted by atomic mass is 9.82. The fraction of sp³-hybridized carbons (Fsp3) is 0.231. The third-order valence-electron chi connectivity index (χ3n) is 8.27. The van der Waals surface area contributed by atoms with E-state index in [2.05, 4.69) is 44.7 Å². The van der Waals surface area contributed by atoms with E-state index in [-0.39, 0.29) is 13.1 Å². The highest BCUT2D eigenvalue weighted by atomic mass is 16.3. The zero-order valence-corrected chi connectivity index (χ0v) is 25.1. The minimum absolute atomic E-state index is 0.286. The van der Waals surface area contributed by atoms with Crippen LogP contribution < -0.4 is 0 Å². The van der Waals surface area contributed by atoms with Crippen LogP contribution in [0.2, 0.25) is 0 Å². The predicted molar refractivity (Wildman–Crippen MR) is 172 cm³/mol. The molecule has 3 nitrogen and oxygen atoms in total. The molecule has 214 valence electrons. The minimum atomic E-state index is -1.31. The quantitative estimate of drug-likeness (QED) is 0.187. The fourth-order valence-electron chi connectivity index (χ4n) is 5.67. The van der Waals surface area contributed by atoms with Gasteiger partial charge >= 0.3 is 0 Å². The highest BCUT2D eigenvalue weighted by molar-refractivity contribution is 5.41. The average molecular weight is 556 g/mol. The summed E-state index contributed by atoms with van der Waals surface area (Å²) in [4.78, 5) is 2.19. The molecule has 0 bridgehead atoms. The highest BCUT2D eigenvalue weighted by Gasteiger charge is 2.39. The Morgan fingerprint density at radius 2 is 0.714 bits per heavy atom. The Morgan fingerprint density at radius 3 is 1.00 bits per heavy atom. The van der Waals surface area contributed by atoms with Gasteiger partial charge in [-0.25, -0.2) is 0 Å². The summed E-state index contributed by atoms with van der Waals surface area (Å²) in [6.45, 7) is 9.35. The lowest BCUT2D eigenvalue weighted by molar-refractivity contribution is -0.0125. The van der Waals surface area contributed by atoms with Gasteiger partial charge in [0.1, 0.15) is 11.2 Å². The Balaban J connectivity index is 1.63. The predicted octanol–water partition coefficient (Wildman–Crippen LogP) is 7.59. The second kappa shape index (κ2) is 12.5. The van der Waals surface area contributed by atoms with Crippen molar-refractivity contribution in [3.8, 4) is 0 Å². The van der Waals surface area contributed by atoms with E-state index in [9.17, 15) is 10.2 Å². The normalized spacial score (nSPS) is 12.1. The van der Waals surface area contributed by atoms with Crippen molar-refractivity contribution in [2.75, 3.05) is 13.1 Å². The largest absolute Gasteiger partial charge is 0.379 e. The van der Waals surface area contributed by atoms with Gasteiger partial charge in [-0.2, -0.15) is 0 Å². The van der Waals surface area contributed by atoms with Gasteiger partial charge in [-0.1, -0.05) is 150 Å². The third-order valence-corrected chi connectivity index (χ3v) is 8.27. The van der Waals surface area contributed by atoms with Crippen LogP contribution in [0.3, 0.4) is 0 Å². The average Bonchev–Trinajstić information content (AvgIpc) is 2.99. The molecule has 0 aliphatic carbocycles. The first-order chi connectivity index (χ1) is 20.2. The van der Waals surface area contributed by atoms with Gasteiger partial charge in [-0.15, -0.1) is 0 Å². The minimum Gasteiger partial charge on any atom is -0.379 e. The summed E-state index contributed by atoms with van der Waals surface area (Å²) in [6, 6.07) is 42.8. The van der Waals surface area contributed by atoms with E-state index in [1.54, 1.807) is 0 Å². The molecule has 5 rings (SSSR count). The van der Waals surface area contributed by atoms with Gasteiger partial charge in [0, 0.05) is 19.6 Å². The second-order valence-electron chi connectivity index (χ2n) is 11.8. The topological polar surface area (TPSA) is 43.7 Å². The molecular weight excluding hydrogens is 514 g/mol. The summed E-state index contributed by atoms with van der Waals surface area (Å²) in [6.07, 6.45) is 0. The summed E-state index contributed by atoms with van der Waals surface area (Å²) >= 11 is 0. The van der Waals surface area contributed by atoms with Crippen LogP contribution in [0, 0.1) is 27.7 Å². The van der Waals surface area contributed by atoms with Crippen molar-refractivity contribution in [3.05, 3.63) is 177 Å². The van der Waals surface area contributed by atoms with E-state index < -0.39 is 11.2 Å². The number of hydrogen-bond acceptors (Lipinski definition) is 3. The maximum absolute atomic E-state index is 12.7. The zero-order chi connectivity index (χ0) is 29.7. The number of hydrogen-bond donors (Lipinski definition) is 2. The van der Waals surface area contributed by atoms with Crippen molar-refractivity contribution in [2.45, 2.75) is 45.4 Å². The van der Waals surface area contributed by atoms with Crippen molar-refractivity contribution in [2.24, 2.45) is 0 Å². The van der Waals surface area contributed by atoms with E-state index in [4.69, 9.17) is 0 Å². The van der Waals surface area contributed by atoms with Crippen LogP contribution in [0.15, 0.2) is 127 Å². The Morgan fingerprint density at radius 1 is 0.429 bits per heavy atom. The molecule has 0 aliphatic heterocycles. The SMILES string of the molecule is Cc1ccc(C(O)(CN(Cc2ccccc2)CC(O)(c2ccc(C)cc2)c2ccc(C)cc2)c2ccc(C)cc2)cc1. The standard InChI is InChI=1S/C39H41NO2/c1-29-10-18-34(19-11-29)38(41,35-20-12-30(2)13-21-35)27-40(26-33-8-6-5-7-9-33)28-39(42,36-22-14-31(3)15-23-36)37-24-16-32(4)17-25-37/h5-25,41-42H,26-28H2,1-4H3. The molecule has 5 aromatic carbocycles. The molecule has 2 N–H and O–H groups in total. The van der Waals surface area contributed by atoms with Crippen LogP contribution in [0.1, 0.15) is 50.1 Å². The lowest BCUT2D eigenvalue weighted by Crippen LogP contribution is -2.48. The fourth-order valence-corrected chi connectivity index (χ4v) is 5.67. The van der Waals surface area contributed by atoms with Crippen molar-refractivity contribution < 1.29 is 10.2 Å². The van der Waals surface area contributed by atoms with Crippen molar-refractivity contribution >= 4 is 0 Å². The van der Waals surface area contributed by atoms with Crippen LogP contribution in [0.4, 0.5) is 0 Å². The first-order valence-corrected chi connectivity index (χ1v) is 14.7. The summed E-state index contributed by atoms with van der Waals surface area (Å²) < 4.78 is 0. The molecule has 0 amide bonds. The summed E-state index contributed by atoms with van der Waals surface area (Å²) in [5, 5.41) is 25.3. The monoisotopic (exact) mass is 555 g/mol. The van der Waals surface area contributed by atoms with Gasteiger partial charge in [0.2, 0.25) is 0 Å². The molecule has 0 aliphatic rings. The van der Waals surface area contributed by atoms with Crippen LogP contribution >= 0.6 is 0 Å². The van der Waals surface area contributed by atoms with Gasteiger partial charge in [-0.3, -0.25) is 4.90 Å². The van der Waals surface area contributed by atoms with Gasteiger partial charge in [0.05, 0.1) is 0 Å². The first-order valence-electron chi connectivity index (χ1n) is 14.7. The molecule has 0 heterocycles. The molecular formula is C39H41NO2. The second-order valence-corrected chi connectivity index (χ2v) is 11.8. The van der Waals surface area contributed by atoms with Crippen LogP contribution in [0.25, 0.3) is 0 Å². The van der Waals surface area contributed by atoms with E-state index in [1.807, 2.05) is 115 Å². The number of nitrogens with zero attached hydrogens (tertiary/aromatic N) is 1. The van der Waals surface area contributed by atoms with Crippen LogP contribution in [-0.2, 0) is 17.7 Å². The molecule has 3 heteroatoms. The Labute approximate surface area is 250 Å². The lowest BCUT2D eigenvalue weighted by Gasteiger charge is -2.40. The van der Waals surface area contributed by atoms with Gasteiger partial charge in [0.15, 0.2) is 0 Å². The molecule has 0 fully saturated rings. The van der Waals surface area contributed by atoms with E-state index >= 15 is 0 Å². The van der Waals surface area contributed by atoms with Crippen molar-refractivity contribution in [3.63, 3.8) is 0 Å². The summed E-state index contributed by atoms with van der Waals surface area (Å²) in [7, 11) is 0. The molecule has 0 unspecified atom stereocenters. The molecule has 0 aromatic heterocycles. The summed E-state index contributed by atoms with van der Waals surface area (Å²) in [5.74, 6) is 0. The number of aryl methyl sites for hydroxylation is 4. The van der Waals surface area contributed by atoms with Crippen molar-refractivity contribution in [1.82, 2.24) is 4.90 Å². The molecule has 5 aromatic rings. The molecule has 0 spiro atoms. The number of benzene rings is 5. The van der Waals surface area contributed by atoms with E-state index in [0.717, 1.165) is 50.1 Å². The molecule has 0 saturated heterocycles. The maximum Gasteiger partial charge on any atom is 0.127 e. The third kappa shape index (κ3) is 6.55.